The molecule has 0 aliphatic carbocycles. The molecule has 0 bridgehead atoms. The van der Waals surface area contributed by atoms with Gasteiger partial charge < -0.3 is 9.47 Å². The van der Waals surface area contributed by atoms with Gasteiger partial charge in [-0.15, -0.1) is 0 Å². The van der Waals surface area contributed by atoms with Crippen molar-refractivity contribution in [2.75, 3.05) is 7.11 Å². The van der Waals surface area contributed by atoms with Crippen molar-refractivity contribution in [3.63, 3.8) is 0 Å². The van der Waals surface area contributed by atoms with Crippen molar-refractivity contribution in [3.05, 3.63) is 34.6 Å². The van der Waals surface area contributed by atoms with E-state index in [4.69, 9.17) is 9.47 Å². The zero-order chi connectivity index (χ0) is 11.9. The molecule has 0 saturated carbocycles. The number of fused-ring (bicyclic) bond motifs is 1. The molecule has 0 unspecified atom stereocenters. The van der Waals surface area contributed by atoms with Crippen molar-refractivity contribution in [2.24, 2.45) is 0 Å². The van der Waals surface area contributed by atoms with Gasteiger partial charge in [0.05, 0.1) is 12.7 Å². The van der Waals surface area contributed by atoms with Gasteiger partial charge >= 0.3 is 0 Å². The minimum absolute atomic E-state index is 0.0323. The number of Topliss-reactive ketones (excluding diaryl/α,β-unsaturated/α-hetero) is 1. The van der Waals surface area contributed by atoms with E-state index in [-0.39, 0.29) is 5.78 Å². The van der Waals surface area contributed by atoms with E-state index in [1.807, 2.05) is 26.8 Å². The Bertz CT molecular complexity index is 494. The first-order valence-corrected chi connectivity index (χ1v) is 5.13. The van der Waals surface area contributed by atoms with Crippen LogP contribution in [0.5, 0.6) is 11.5 Å². The third-order valence-electron chi connectivity index (χ3n) is 2.61. The number of carbonyl (C=O) groups is 1. The molecule has 1 aromatic rings. The predicted octanol–water partition coefficient (Wildman–Crippen LogP) is 2.87. The molecular formula is C13H14O3. The van der Waals surface area contributed by atoms with Crippen LogP contribution in [0.1, 0.15) is 29.8 Å². The molecule has 3 nitrogen and oxygen atoms in total. The molecule has 0 amide bonds. The lowest BCUT2D eigenvalue weighted by Gasteiger charge is -2.04. The quantitative estimate of drug-likeness (QED) is 0.680. The number of allylic oxidation sites excluding steroid dienone is 2. The van der Waals surface area contributed by atoms with Crippen LogP contribution in [0.3, 0.4) is 0 Å². The van der Waals surface area contributed by atoms with Crippen LogP contribution in [-0.2, 0) is 0 Å². The first-order valence-electron chi connectivity index (χ1n) is 5.13. The normalized spacial score (nSPS) is 13.5. The molecular weight excluding hydrogens is 204 g/mol. The van der Waals surface area contributed by atoms with Gasteiger partial charge in [0.2, 0.25) is 5.78 Å². The van der Waals surface area contributed by atoms with Crippen LogP contribution in [0.15, 0.2) is 23.5 Å². The molecule has 1 aromatic carbocycles. The van der Waals surface area contributed by atoms with E-state index < -0.39 is 0 Å². The molecule has 0 aromatic heterocycles. The first-order chi connectivity index (χ1) is 7.54. The van der Waals surface area contributed by atoms with Crippen molar-refractivity contribution in [1.29, 1.82) is 0 Å². The van der Waals surface area contributed by atoms with Gasteiger partial charge in [0.25, 0.3) is 0 Å². The average molecular weight is 218 g/mol. The number of methoxy groups -OCH3 is 1. The summed E-state index contributed by atoms with van der Waals surface area (Å²) in [5.74, 6) is 1.71. The van der Waals surface area contributed by atoms with Crippen LogP contribution in [0, 0.1) is 6.92 Å². The number of ether oxygens (including phenoxy) is 2. The van der Waals surface area contributed by atoms with Crippen LogP contribution in [0.25, 0.3) is 0 Å². The monoisotopic (exact) mass is 218 g/mol. The highest BCUT2D eigenvalue weighted by Gasteiger charge is 2.30. The maximum atomic E-state index is 12.0. The minimum Gasteiger partial charge on any atom is -0.497 e. The molecule has 1 aliphatic heterocycles. The molecule has 0 spiro atoms. The summed E-state index contributed by atoms with van der Waals surface area (Å²) in [7, 11) is 1.60. The van der Waals surface area contributed by atoms with Crippen LogP contribution >= 0.6 is 0 Å². The fourth-order valence-corrected chi connectivity index (χ4v) is 1.81. The second-order valence-corrected chi connectivity index (χ2v) is 4.08. The van der Waals surface area contributed by atoms with E-state index >= 15 is 0 Å². The molecule has 2 rings (SSSR count). The van der Waals surface area contributed by atoms with Crippen LogP contribution < -0.4 is 9.47 Å². The Labute approximate surface area is 94.7 Å². The fourth-order valence-electron chi connectivity index (χ4n) is 1.81. The number of carbonyl (C=O) groups excluding carboxylic acids is 1. The van der Waals surface area contributed by atoms with Gasteiger partial charge in [-0.3, -0.25) is 4.79 Å². The van der Waals surface area contributed by atoms with Gasteiger partial charge in [0.15, 0.2) is 5.76 Å². The highest BCUT2D eigenvalue weighted by atomic mass is 16.5. The predicted molar refractivity (Wildman–Crippen MR) is 61.1 cm³/mol. The van der Waals surface area contributed by atoms with Gasteiger partial charge in [-0.05, 0) is 38.0 Å². The second-order valence-electron chi connectivity index (χ2n) is 4.08. The van der Waals surface area contributed by atoms with Crippen molar-refractivity contribution in [2.45, 2.75) is 20.8 Å². The summed E-state index contributed by atoms with van der Waals surface area (Å²) in [5.41, 5.74) is 2.42. The lowest BCUT2D eigenvalue weighted by Crippen LogP contribution is -2.01. The molecule has 1 aliphatic rings. The topological polar surface area (TPSA) is 35.5 Å². The van der Waals surface area contributed by atoms with Gasteiger partial charge in [-0.1, -0.05) is 0 Å². The largest absolute Gasteiger partial charge is 0.497 e. The van der Waals surface area contributed by atoms with Crippen molar-refractivity contribution < 1.29 is 14.3 Å². The average Bonchev–Trinajstić information content (AvgIpc) is 2.56. The molecule has 0 saturated heterocycles. The van der Waals surface area contributed by atoms with E-state index in [0.717, 1.165) is 11.1 Å². The lowest BCUT2D eigenvalue weighted by molar-refractivity contribution is 0.101. The minimum atomic E-state index is -0.0323. The molecule has 1 heterocycles. The summed E-state index contributed by atoms with van der Waals surface area (Å²) >= 11 is 0. The highest BCUT2D eigenvalue weighted by Crippen LogP contribution is 2.37. The molecule has 0 radical (unpaired) electrons. The standard InChI is InChI=1S/C13H14O3/c1-7(2)13-12(14)11-8(3)5-9(15-4)6-10(11)16-13/h5-6H,1-4H3. The van der Waals surface area contributed by atoms with Gasteiger partial charge in [0, 0.05) is 6.07 Å². The fraction of sp³-hybridized carbons (Fsp3) is 0.308. The Morgan fingerprint density at radius 3 is 2.56 bits per heavy atom. The first kappa shape index (κ1) is 10.7. The summed E-state index contributed by atoms with van der Waals surface area (Å²) in [6.07, 6.45) is 0. The molecule has 0 fully saturated rings. The van der Waals surface area contributed by atoms with E-state index in [1.54, 1.807) is 13.2 Å². The smallest absolute Gasteiger partial charge is 0.232 e. The molecule has 0 atom stereocenters. The summed E-state index contributed by atoms with van der Waals surface area (Å²) in [6.45, 7) is 5.62. The Balaban J connectivity index is 2.60. The molecule has 16 heavy (non-hydrogen) atoms. The lowest BCUT2D eigenvalue weighted by atomic mass is 10.0. The third-order valence-corrected chi connectivity index (χ3v) is 2.61. The summed E-state index contributed by atoms with van der Waals surface area (Å²) in [5, 5.41) is 0. The number of aryl methyl sites for hydroxylation is 1. The Morgan fingerprint density at radius 2 is 2.00 bits per heavy atom. The van der Waals surface area contributed by atoms with Crippen LogP contribution in [-0.4, -0.2) is 12.9 Å². The van der Waals surface area contributed by atoms with Crippen molar-refractivity contribution >= 4 is 5.78 Å². The number of hydrogen-bond acceptors (Lipinski definition) is 3. The maximum Gasteiger partial charge on any atom is 0.232 e. The van der Waals surface area contributed by atoms with Crippen molar-refractivity contribution in [3.8, 4) is 11.5 Å². The van der Waals surface area contributed by atoms with Crippen molar-refractivity contribution in [1.82, 2.24) is 0 Å². The molecule has 3 heteroatoms. The van der Waals surface area contributed by atoms with Gasteiger partial charge in [0.1, 0.15) is 11.5 Å². The number of hydrogen-bond donors (Lipinski definition) is 0. The second kappa shape index (κ2) is 3.67. The third kappa shape index (κ3) is 1.48. The summed E-state index contributed by atoms with van der Waals surface area (Å²) < 4.78 is 10.7. The summed E-state index contributed by atoms with van der Waals surface area (Å²) in [6, 6.07) is 3.59. The number of ketones is 1. The Morgan fingerprint density at radius 1 is 1.31 bits per heavy atom. The Hall–Kier alpha value is -1.77. The zero-order valence-electron chi connectivity index (χ0n) is 9.88. The summed E-state index contributed by atoms with van der Waals surface area (Å²) in [4.78, 5) is 12.0. The van der Waals surface area contributed by atoms with E-state index in [2.05, 4.69) is 0 Å². The SMILES string of the molecule is COc1cc(C)c2c(c1)OC(=C(C)C)C2=O. The Kier molecular flexibility index (Phi) is 2.46. The van der Waals surface area contributed by atoms with Crippen LogP contribution in [0.4, 0.5) is 0 Å². The highest BCUT2D eigenvalue weighted by molar-refractivity contribution is 6.13. The van der Waals surface area contributed by atoms with E-state index in [1.165, 1.54) is 0 Å². The number of benzene rings is 1. The molecule has 0 N–H and O–H groups in total. The number of rotatable bonds is 1. The molecule has 84 valence electrons. The van der Waals surface area contributed by atoms with Crippen LogP contribution in [0.2, 0.25) is 0 Å². The maximum absolute atomic E-state index is 12.0. The van der Waals surface area contributed by atoms with E-state index in [9.17, 15) is 4.79 Å². The van der Waals surface area contributed by atoms with Gasteiger partial charge in [-0.25, -0.2) is 0 Å². The van der Waals surface area contributed by atoms with E-state index in [0.29, 0.717) is 22.8 Å². The van der Waals surface area contributed by atoms with Gasteiger partial charge in [-0.2, -0.15) is 0 Å². The zero-order valence-corrected chi connectivity index (χ0v) is 9.88.